The molecule has 0 aliphatic rings. The average Bonchev–Trinajstić information content (AvgIpc) is 2.39. The van der Waals surface area contributed by atoms with E-state index in [9.17, 15) is 5.11 Å². The molecule has 0 aliphatic carbocycles. The third kappa shape index (κ3) is 2.67. The van der Waals surface area contributed by atoms with Crippen molar-refractivity contribution in [2.24, 2.45) is 0 Å². The van der Waals surface area contributed by atoms with Gasteiger partial charge in [0.05, 0.1) is 6.61 Å². The van der Waals surface area contributed by atoms with Crippen molar-refractivity contribution in [3.8, 4) is 11.1 Å². The Morgan fingerprint density at radius 3 is 2.29 bits per heavy atom. The van der Waals surface area contributed by atoms with Crippen molar-refractivity contribution in [3.63, 3.8) is 0 Å². The van der Waals surface area contributed by atoms with Crippen LogP contribution in [0.15, 0.2) is 48.5 Å². The van der Waals surface area contributed by atoms with Crippen molar-refractivity contribution in [1.29, 1.82) is 0 Å². The van der Waals surface area contributed by atoms with E-state index < -0.39 is 6.10 Å². The molecule has 3 heteroatoms. The third-order valence-electron chi connectivity index (χ3n) is 2.65. The summed E-state index contributed by atoms with van der Waals surface area (Å²) in [5, 5.41) is 19.5. The van der Waals surface area contributed by atoms with Crippen molar-refractivity contribution in [2.75, 3.05) is 6.61 Å². The molecule has 88 valence electrons. The number of halogens is 1. The van der Waals surface area contributed by atoms with E-state index in [4.69, 9.17) is 16.7 Å². The number of hydrogen-bond donors (Lipinski definition) is 2. The minimum absolute atomic E-state index is 0.287. The Balaban J connectivity index is 2.48. The molecule has 0 aliphatic heterocycles. The first-order chi connectivity index (χ1) is 8.22. The van der Waals surface area contributed by atoms with Gasteiger partial charge in [-0.2, -0.15) is 0 Å². The van der Waals surface area contributed by atoms with Crippen LogP contribution in [0, 0.1) is 0 Å². The van der Waals surface area contributed by atoms with Gasteiger partial charge < -0.3 is 10.2 Å². The Kier molecular flexibility index (Phi) is 3.79. The summed E-state index contributed by atoms with van der Waals surface area (Å²) in [7, 11) is 0. The second kappa shape index (κ2) is 5.32. The first-order valence-corrected chi connectivity index (χ1v) is 5.74. The summed E-state index contributed by atoms with van der Waals surface area (Å²) in [5.41, 5.74) is 2.60. The van der Waals surface area contributed by atoms with E-state index in [1.165, 1.54) is 0 Å². The van der Waals surface area contributed by atoms with Crippen LogP contribution in [0.2, 0.25) is 5.02 Å². The van der Waals surface area contributed by atoms with E-state index in [1.54, 1.807) is 12.1 Å². The molecule has 0 spiro atoms. The highest BCUT2D eigenvalue weighted by atomic mass is 35.5. The van der Waals surface area contributed by atoms with Crippen molar-refractivity contribution in [1.82, 2.24) is 0 Å². The van der Waals surface area contributed by atoms with Gasteiger partial charge in [0.15, 0.2) is 0 Å². The van der Waals surface area contributed by atoms with Crippen molar-refractivity contribution in [3.05, 3.63) is 59.1 Å². The lowest BCUT2D eigenvalue weighted by Crippen LogP contribution is -2.04. The van der Waals surface area contributed by atoms with Gasteiger partial charge in [0.2, 0.25) is 0 Å². The van der Waals surface area contributed by atoms with Gasteiger partial charge in [-0.25, -0.2) is 0 Å². The Labute approximate surface area is 105 Å². The summed E-state index contributed by atoms with van der Waals surface area (Å²) >= 11 is 5.84. The van der Waals surface area contributed by atoms with Gasteiger partial charge in [0.25, 0.3) is 0 Å². The largest absolute Gasteiger partial charge is 0.393 e. The number of aliphatic hydroxyl groups excluding tert-OH is 2. The third-order valence-corrected chi connectivity index (χ3v) is 2.90. The van der Waals surface area contributed by atoms with Crippen LogP contribution >= 0.6 is 11.6 Å². The van der Waals surface area contributed by atoms with Crippen molar-refractivity contribution < 1.29 is 10.2 Å². The van der Waals surface area contributed by atoms with E-state index >= 15 is 0 Å². The van der Waals surface area contributed by atoms with Crippen LogP contribution in [-0.4, -0.2) is 16.8 Å². The summed E-state index contributed by atoms with van der Waals surface area (Å²) in [6, 6.07) is 14.9. The number of benzene rings is 2. The molecular weight excluding hydrogens is 236 g/mol. The number of aliphatic hydroxyl groups is 2. The van der Waals surface area contributed by atoms with Gasteiger partial charge in [0.1, 0.15) is 6.10 Å². The Hall–Kier alpha value is -1.35. The zero-order valence-electron chi connectivity index (χ0n) is 9.18. The Morgan fingerprint density at radius 2 is 1.65 bits per heavy atom. The van der Waals surface area contributed by atoms with Gasteiger partial charge in [0, 0.05) is 5.02 Å². The molecular formula is C14H13ClO2. The van der Waals surface area contributed by atoms with Crippen LogP contribution < -0.4 is 0 Å². The molecule has 0 bridgehead atoms. The summed E-state index contributed by atoms with van der Waals surface area (Å²) in [6.07, 6.45) is -0.859. The normalized spacial score (nSPS) is 12.4. The van der Waals surface area contributed by atoms with Crippen LogP contribution in [0.5, 0.6) is 0 Å². The SMILES string of the molecule is OC[C@H](O)c1ccccc1-c1ccc(Cl)cc1. The molecule has 0 saturated carbocycles. The lowest BCUT2D eigenvalue weighted by Gasteiger charge is -2.13. The zero-order valence-corrected chi connectivity index (χ0v) is 9.93. The first kappa shape index (κ1) is 12.1. The Morgan fingerprint density at radius 1 is 1.00 bits per heavy atom. The van der Waals surface area contributed by atoms with Crippen molar-refractivity contribution in [2.45, 2.75) is 6.10 Å². The summed E-state index contributed by atoms with van der Waals surface area (Å²) in [4.78, 5) is 0. The minimum Gasteiger partial charge on any atom is -0.393 e. The monoisotopic (exact) mass is 248 g/mol. The molecule has 0 heterocycles. The van der Waals surface area contributed by atoms with Crippen LogP contribution in [0.4, 0.5) is 0 Å². The second-order valence-corrected chi connectivity index (χ2v) is 4.23. The minimum atomic E-state index is -0.859. The summed E-state index contributed by atoms with van der Waals surface area (Å²) in [6.45, 7) is -0.287. The van der Waals surface area contributed by atoms with E-state index in [1.807, 2.05) is 36.4 Å². The van der Waals surface area contributed by atoms with E-state index in [2.05, 4.69) is 0 Å². The molecule has 2 N–H and O–H groups in total. The van der Waals surface area contributed by atoms with Gasteiger partial charge in [-0.3, -0.25) is 0 Å². The maximum absolute atomic E-state index is 9.75. The Bertz CT molecular complexity index is 494. The maximum atomic E-state index is 9.75. The van der Waals surface area contributed by atoms with Gasteiger partial charge in [-0.15, -0.1) is 0 Å². The summed E-state index contributed by atoms with van der Waals surface area (Å²) in [5.74, 6) is 0. The zero-order chi connectivity index (χ0) is 12.3. The fourth-order valence-corrected chi connectivity index (χ4v) is 1.90. The van der Waals surface area contributed by atoms with Gasteiger partial charge >= 0.3 is 0 Å². The molecule has 0 amide bonds. The lowest BCUT2D eigenvalue weighted by molar-refractivity contribution is 0.0960. The molecule has 1 atom stereocenters. The fourth-order valence-electron chi connectivity index (χ4n) is 1.78. The quantitative estimate of drug-likeness (QED) is 0.877. The van der Waals surface area contributed by atoms with Gasteiger partial charge in [-0.1, -0.05) is 48.0 Å². The van der Waals surface area contributed by atoms with Crippen LogP contribution in [0.1, 0.15) is 11.7 Å². The average molecular weight is 249 g/mol. The smallest absolute Gasteiger partial charge is 0.103 e. The standard InChI is InChI=1S/C14H13ClO2/c15-11-7-5-10(6-8-11)12-3-1-2-4-13(12)14(17)9-16/h1-8,14,16-17H,9H2/t14-/m0/s1. The molecule has 0 radical (unpaired) electrons. The highest BCUT2D eigenvalue weighted by molar-refractivity contribution is 6.30. The summed E-state index contributed by atoms with van der Waals surface area (Å²) < 4.78 is 0. The first-order valence-electron chi connectivity index (χ1n) is 5.36. The van der Waals surface area contributed by atoms with Crippen LogP contribution in [0.3, 0.4) is 0 Å². The predicted octanol–water partition coefficient (Wildman–Crippen LogP) is 3.03. The molecule has 2 aromatic rings. The molecule has 2 nitrogen and oxygen atoms in total. The van der Waals surface area contributed by atoms with Gasteiger partial charge in [-0.05, 0) is 28.8 Å². The molecule has 0 fully saturated rings. The van der Waals surface area contributed by atoms with E-state index in [0.717, 1.165) is 16.7 Å². The van der Waals surface area contributed by atoms with E-state index in [-0.39, 0.29) is 6.61 Å². The second-order valence-electron chi connectivity index (χ2n) is 3.79. The molecule has 0 saturated heterocycles. The van der Waals surface area contributed by atoms with Crippen LogP contribution in [0.25, 0.3) is 11.1 Å². The van der Waals surface area contributed by atoms with E-state index in [0.29, 0.717) is 5.02 Å². The highest BCUT2D eigenvalue weighted by Crippen LogP contribution is 2.28. The molecule has 17 heavy (non-hydrogen) atoms. The highest BCUT2D eigenvalue weighted by Gasteiger charge is 2.11. The van der Waals surface area contributed by atoms with Crippen LogP contribution in [-0.2, 0) is 0 Å². The predicted molar refractivity (Wildman–Crippen MR) is 68.9 cm³/mol. The molecule has 2 aromatic carbocycles. The molecule has 0 unspecified atom stereocenters. The van der Waals surface area contributed by atoms with Crippen molar-refractivity contribution >= 4 is 11.6 Å². The number of hydrogen-bond acceptors (Lipinski definition) is 2. The number of rotatable bonds is 3. The lowest BCUT2D eigenvalue weighted by atomic mass is 9.96. The molecule has 0 aromatic heterocycles. The topological polar surface area (TPSA) is 40.5 Å². The molecule has 2 rings (SSSR count). The maximum Gasteiger partial charge on any atom is 0.103 e. The fraction of sp³-hybridized carbons (Fsp3) is 0.143.